The van der Waals surface area contributed by atoms with Crippen LogP contribution in [0.4, 0.5) is 0 Å². The van der Waals surface area contributed by atoms with Crippen LogP contribution in [-0.4, -0.2) is 4.98 Å². The van der Waals surface area contributed by atoms with E-state index in [-0.39, 0.29) is 0 Å². The molecule has 0 unspecified atom stereocenters. The Labute approximate surface area is 187 Å². The lowest BCUT2D eigenvalue weighted by Crippen LogP contribution is -2.25. The fourth-order valence-electron chi connectivity index (χ4n) is 6.28. The van der Waals surface area contributed by atoms with E-state index in [4.69, 9.17) is 4.98 Å². The Hall–Kier alpha value is -0.850. The van der Waals surface area contributed by atoms with E-state index < -0.39 is 0 Å². The number of hydrogen-bond acceptors (Lipinski definition) is 1. The molecule has 1 aromatic rings. The maximum Gasteiger partial charge on any atom is 0.0434 e. The molecule has 0 spiro atoms. The summed E-state index contributed by atoms with van der Waals surface area (Å²) in [5.41, 5.74) is 2.82. The molecule has 2 aliphatic rings. The molecule has 1 nitrogen and oxygen atoms in total. The Kier molecular flexibility index (Phi) is 10.7. The van der Waals surface area contributed by atoms with Crippen molar-refractivity contribution in [3.63, 3.8) is 0 Å². The molecule has 3 rings (SSSR count). The van der Waals surface area contributed by atoms with E-state index in [1.807, 2.05) is 0 Å². The predicted molar refractivity (Wildman–Crippen MR) is 131 cm³/mol. The van der Waals surface area contributed by atoms with Crippen LogP contribution in [0.2, 0.25) is 0 Å². The smallest absolute Gasteiger partial charge is 0.0434 e. The number of nitrogens with zero attached hydrogens (tertiary/aromatic N) is 1. The lowest BCUT2D eigenvalue weighted by Gasteiger charge is -2.38. The van der Waals surface area contributed by atoms with Gasteiger partial charge >= 0.3 is 0 Å². The number of unbranched alkanes of at least 4 members (excludes halogenated alkanes) is 6. The van der Waals surface area contributed by atoms with E-state index in [2.05, 4.69) is 32.2 Å². The topological polar surface area (TPSA) is 12.9 Å². The predicted octanol–water partition coefficient (Wildman–Crippen LogP) is 9.25. The second-order valence-corrected chi connectivity index (χ2v) is 10.6. The number of pyridine rings is 1. The van der Waals surface area contributed by atoms with E-state index >= 15 is 0 Å². The molecule has 170 valence electrons. The van der Waals surface area contributed by atoms with E-state index in [1.165, 1.54) is 127 Å². The molecule has 1 heteroatoms. The minimum Gasteiger partial charge on any atom is -0.261 e. The maximum absolute atomic E-state index is 4.90. The fraction of sp³-hybridized carbons (Fsp3) is 0.828. The number of aryl methyl sites for hydroxylation is 1. The van der Waals surface area contributed by atoms with Crippen molar-refractivity contribution in [1.29, 1.82) is 0 Å². The molecule has 0 saturated heterocycles. The first kappa shape index (κ1) is 23.8. The molecule has 2 fully saturated rings. The molecular weight excluding hydrogens is 362 g/mol. The Bertz CT molecular complexity index is 546. The number of hydrogen-bond donors (Lipinski definition) is 0. The van der Waals surface area contributed by atoms with E-state index in [0.717, 1.165) is 23.7 Å². The summed E-state index contributed by atoms with van der Waals surface area (Å²) >= 11 is 0. The summed E-state index contributed by atoms with van der Waals surface area (Å²) in [4.78, 5) is 4.90. The van der Waals surface area contributed by atoms with E-state index in [9.17, 15) is 0 Å². The lowest BCUT2D eigenvalue weighted by atomic mass is 9.68. The third kappa shape index (κ3) is 7.69. The van der Waals surface area contributed by atoms with Gasteiger partial charge in [0.15, 0.2) is 0 Å². The first-order valence-electron chi connectivity index (χ1n) is 13.7. The minimum absolute atomic E-state index is 0.727. The standard InChI is InChI=1S/C29H49N/c1-3-5-7-8-10-12-25-15-22-29(30-23-25)28-20-18-27(19-21-28)26-16-13-24(14-17-26)11-9-6-4-2/h15,22-24,26-28H,3-14,16-21H2,1-2H3/t24-,26-,27?,28?. The second-order valence-electron chi connectivity index (χ2n) is 10.6. The van der Waals surface area contributed by atoms with Gasteiger partial charge < -0.3 is 0 Å². The van der Waals surface area contributed by atoms with Crippen LogP contribution in [0.5, 0.6) is 0 Å². The van der Waals surface area contributed by atoms with Gasteiger partial charge in [-0.05, 0) is 80.8 Å². The molecular formula is C29H49N. The average Bonchev–Trinajstić information content (AvgIpc) is 2.80. The second kappa shape index (κ2) is 13.5. The van der Waals surface area contributed by atoms with Crippen LogP contribution in [0.3, 0.4) is 0 Å². The monoisotopic (exact) mass is 411 g/mol. The van der Waals surface area contributed by atoms with Gasteiger partial charge in [0.25, 0.3) is 0 Å². The summed E-state index contributed by atoms with van der Waals surface area (Å²) in [5.74, 6) is 3.83. The van der Waals surface area contributed by atoms with Gasteiger partial charge in [0.1, 0.15) is 0 Å². The van der Waals surface area contributed by atoms with Crippen molar-refractivity contribution in [2.24, 2.45) is 17.8 Å². The normalized spacial score (nSPS) is 27.3. The highest BCUT2D eigenvalue weighted by Gasteiger charge is 2.31. The summed E-state index contributed by atoms with van der Waals surface area (Å²) in [7, 11) is 0. The van der Waals surface area contributed by atoms with Crippen molar-refractivity contribution in [3.05, 3.63) is 29.6 Å². The maximum atomic E-state index is 4.90. The summed E-state index contributed by atoms with van der Waals surface area (Å²) in [6.45, 7) is 4.61. The number of rotatable bonds is 12. The third-order valence-electron chi connectivity index (χ3n) is 8.38. The Morgan fingerprint density at radius 1 is 0.700 bits per heavy atom. The van der Waals surface area contributed by atoms with Crippen LogP contribution < -0.4 is 0 Å². The van der Waals surface area contributed by atoms with Crippen molar-refractivity contribution >= 4 is 0 Å². The summed E-state index contributed by atoms with van der Waals surface area (Å²) in [5, 5.41) is 0. The van der Waals surface area contributed by atoms with Crippen LogP contribution in [0.25, 0.3) is 0 Å². The van der Waals surface area contributed by atoms with Gasteiger partial charge in [-0.1, -0.05) is 84.1 Å². The SMILES string of the molecule is CCCCCCCc1ccc(C2CCC([C@H]3CC[C@H](CCCCC)CC3)CC2)nc1. The van der Waals surface area contributed by atoms with Crippen LogP contribution in [-0.2, 0) is 6.42 Å². The first-order valence-corrected chi connectivity index (χ1v) is 13.7. The summed E-state index contributed by atoms with van der Waals surface area (Å²) in [6.07, 6.45) is 27.8. The van der Waals surface area contributed by atoms with E-state index in [1.54, 1.807) is 0 Å². The van der Waals surface area contributed by atoms with Crippen molar-refractivity contribution < 1.29 is 0 Å². The number of aromatic nitrogens is 1. The van der Waals surface area contributed by atoms with Crippen molar-refractivity contribution in [3.8, 4) is 0 Å². The van der Waals surface area contributed by atoms with Crippen LogP contribution >= 0.6 is 0 Å². The van der Waals surface area contributed by atoms with Gasteiger partial charge in [-0.3, -0.25) is 4.98 Å². The van der Waals surface area contributed by atoms with Gasteiger partial charge in [0.2, 0.25) is 0 Å². The van der Waals surface area contributed by atoms with Crippen molar-refractivity contribution in [1.82, 2.24) is 4.98 Å². The molecule has 30 heavy (non-hydrogen) atoms. The van der Waals surface area contributed by atoms with Crippen molar-refractivity contribution in [2.75, 3.05) is 0 Å². The minimum atomic E-state index is 0.727. The molecule has 0 aromatic carbocycles. The zero-order valence-corrected chi connectivity index (χ0v) is 20.2. The first-order chi connectivity index (χ1) is 14.8. The molecule has 1 heterocycles. The molecule has 0 N–H and O–H groups in total. The average molecular weight is 412 g/mol. The summed E-state index contributed by atoms with van der Waals surface area (Å²) in [6, 6.07) is 4.72. The Morgan fingerprint density at radius 3 is 1.97 bits per heavy atom. The largest absolute Gasteiger partial charge is 0.261 e. The van der Waals surface area contributed by atoms with Crippen LogP contribution in [0.1, 0.15) is 140 Å². The van der Waals surface area contributed by atoms with Crippen LogP contribution in [0.15, 0.2) is 18.3 Å². The highest BCUT2D eigenvalue weighted by atomic mass is 14.7. The van der Waals surface area contributed by atoms with Crippen molar-refractivity contribution in [2.45, 2.75) is 135 Å². The fourth-order valence-corrected chi connectivity index (χ4v) is 6.28. The lowest BCUT2D eigenvalue weighted by molar-refractivity contribution is 0.155. The molecule has 2 saturated carbocycles. The summed E-state index contributed by atoms with van der Waals surface area (Å²) < 4.78 is 0. The molecule has 2 aliphatic carbocycles. The van der Waals surface area contributed by atoms with Crippen LogP contribution in [0, 0.1) is 17.8 Å². The third-order valence-corrected chi connectivity index (χ3v) is 8.38. The molecule has 0 atom stereocenters. The molecule has 0 bridgehead atoms. The zero-order valence-electron chi connectivity index (χ0n) is 20.2. The highest BCUT2D eigenvalue weighted by molar-refractivity contribution is 5.17. The molecule has 1 aromatic heterocycles. The van der Waals surface area contributed by atoms with E-state index in [0.29, 0.717) is 0 Å². The quantitative estimate of drug-likeness (QED) is 0.312. The van der Waals surface area contributed by atoms with Gasteiger partial charge in [-0.25, -0.2) is 0 Å². The Morgan fingerprint density at radius 2 is 1.33 bits per heavy atom. The van der Waals surface area contributed by atoms with Gasteiger partial charge in [-0.15, -0.1) is 0 Å². The van der Waals surface area contributed by atoms with Gasteiger partial charge in [-0.2, -0.15) is 0 Å². The molecule has 0 aliphatic heterocycles. The Balaban J connectivity index is 1.34. The molecule has 0 radical (unpaired) electrons. The molecule has 0 amide bonds. The highest BCUT2D eigenvalue weighted by Crippen LogP contribution is 2.44. The zero-order chi connectivity index (χ0) is 21.0. The van der Waals surface area contributed by atoms with Gasteiger partial charge in [0, 0.05) is 17.8 Å². The van der Waals surface area contributed by atoms with Gasteiger partial charge in [0.05, 0.1) is 0 Å².